The number of fused-ring (bicyclic) bond motifs is 1. The third-order valence-corrected chi connectivity index (χ3v) is 4.17. The molecule has 1 aromatic carbocycles. The fraction of sp³-hybridized carbons (Fsp3) is 0.647. The van der Waals surface area contributed by atoms with Gasteiger partial charge in [-0.25, -0.2) is 0 Å². The van der Waals surface area contributed by atoms with Gasteiger partial charge in [0.1, 0.15) is 11.4 Å². The molecule has 0 amide bonds. The first-order valence-corrected chi connectivity index (χ1v) is 7.44. The summed E-state index contributed by atoms with van der Waals surface area (Å²) in [5.41, 5.74) is 2.70. The van der Waals surface area contributed by atoms with Crippen molar-refractivity contribution in [3.8, 4) is 5.75 Å². The van der Waals surface area contributed by atoms with Crippen molar-refractivity contribution in [2.24, 2.45) is 5.92 Å². The number of hydrogen-bond donors (Lipinski definition) is 1. The van der Waals surface area contributed by atoms with Gasteiger partial charge < -0.3 is 10.1 Å². The largest absolute Gasteiger partial charge is 0.487 e. The van der Waals surface area contributed by atoms with Crippen LogP contribution in [0.25, 0.3) is 0 Å². The van der Waals surface area contributed by atoms with Crippen LogP contribution in [0.2, 0.25) is 0 Å². The first kappa shape index (κ1) is 14.4. The van der Waals surface area contributed by atoms with Crippen molar-refractivity contribution < 1.29 is 4.74 Å². The number of benzene rings is 1. The summed E-state index contributed by atoms with van der Waals surface area (Å²) < 4.78 is 5.94. The standard InChI is InChI=1S/C17H27NO/c1-6-12(2)9-15(18-5)13-7-8-16-14(10-13)11-17(3,4)19-16/h7-8,10,12,15,18H,6,9,11H2,1-5H3. The summed E-state index contributed by atoms with van der Waals surface area (Å²) in [5, 5.41) is 3.45. The highest BCUT2D eigenvalue weighted by atomic mass is 16.5. The van der Waals surface area contributed by atoms with Gasteiger partial charge in [-0.1, -0.05) is 32.4 Å². The van der Waals surface area contributed by atoms with E-state index in [-0.39, 0.29) is 5.60 Å². The second-order valence-corrected chi connectivity index (χ2v) is 6.50. The van der Waals surface area contributed by atoms with Gasteiger partial charge in [-0.2, -0.15) is 0 Å². The van der Waals surface area contributed by atoms with Gasteiger partial charge in [0.05, 0.1) is 0 Å². The van der Waals surface area contributed by atoms with Crippen molar-refractivity contribution in [3.05, 3.63) is 29.3 Å². The summed E-state index contributed by atoms with van der Waals surface area (Å²) in [6.45, 7) is 8.89. The molecule has 2 heteroatoms. The topological polar surface area (TPSA) is 21.3 Å². The molecule has 1 aromatic rings. The molecular weight excluding hydrogens is 234 g/mol. The van der Waals surface area contributed by atoms with E-state index in [1.54, 1.807) is 0 Å². The van der Waals surface area contributed by atoms with E-state index in [2.05, 4.69) is 58.3 Å². The normalized spacial score (nSPS) is 19.6. The predicted molar refractivity (Wildman–Crippen MR) is 80.7 cm³/mol. The molecule has 1 aliphatic heterocycles. The van der Waals surface area contributed by atoms with Gasteiger partial charge in [0, 0.05) is 12.5 Å². The number of rotatable bonds is 5. The van der Waals surface area contributed by atoms with Crippen LogP contribution in [0.5, 0.6) is 5.75 Å². The van der Waals surface area contributed by atoms with Crippen LogP contribution in [0.3, 0.4) is 0 Å². The highest BCUT2D eigenvalue weighted by Gasteiger charge is 2.30. The van der Waals surface area contributed by atoms with Gasteiger partial charge in [0.15, 0.2) is 0 Å². The Bertz CT molecular complexity index is 439. The molecule has 0 saturated heterocycles. The highest BCUT2D eigenvalue weighted by Crippen LogP contribution is 2.37. The molecule has 0 radical (unpaired) electrons. The minimum absolute atomic E-state index is 0.0488. The lowest BCUT2D eigenvalue weighted by Crippen LogP contribution is -2.24. The van der Waals surface area contributed by atoms with Crippen LogP contribution >= 0.6 is 0 Å². The Kier molecular flexibility index (Phi) is 4.19. The number of ether oxygens (including phenoxy) is 1. The molecule has 2 rings (SSSR count). The lowest BCUT2D eigenvalue weighted by Gasteiger charge is -2.20. The van der Waals surface area contributed by atoms with Crippen molar-refractivity contribution in [1.82, 2.24) is 5.32 Å². The minimum Gasteiger partial charge on any atom is -0.487 e. The first-order chi connectivity index (χ1) is 8.95. The first-order valence-electron chi connectivity index (χ1n) is 7.44. The fourth-order valence-electron chi connectivity index (χ4n) is 2.84. The zero-order valence-corrected chi connectivity index (χ0v) is 12.9. The Morgan fingerprint density at radius 1 is 1.37 bits per heavy atom. The smallest absolute Gasteiger partial charge is 0.123 e. The van der Waals surface area contributed by atoms with Crippen LogP contribution < -0.4 is 10.1 Å². The minimum atomic E-state index is -0.0488. The summed E-state index contributed by atoms with van der Waals surface area (Å²) in [7, 11) is 2.06. The van der Waals surface area contributed by atoms with Crippen molar-refractivity contribution in [3.63, 3.8) is 0 Å². The van der Waals surface area contributed by atoms with Crippen molar-refractivity contribution >= 4 is 0 Å². The zero-order chi connectivity index (χ0) is 14.0. The molecule has 1 N–H and O–H groups in total. The summed E-state index contributed by atoms with van der Waals surface area (Å²) in [6.07, 6.45) is 3.44. The van der Waals surface area contributed by atoms with Crippen LogP contribution in [-0.2, 0) is 6.42 Å². The van der Waals surface area contributed by atoms with Crippen molar-refractivity contribution in [1.29, 1.82) is 0 Å². The molecule has 0 aromatic heterocycles. The molecule has 0 spiro atoms. The maximum absolute atomic E-state index is 5.94. The average Bonchev–Trinajstić information content (AvgIpc) is 2.68. The monoisotopic (exact) mass is 261 g/mol. The fourth-order valence-corrected chi connectivity index (χ4v) is 2.84. The van der Waals surface area contributed by atoms with Crippen LogP contribution in [0.15, 0.2) is 18.2 Å². The Balaban J connectivity index is 2.18. The molecule has 0 aliphatic carbocycles. The Labute approximate surface area is 117 Å². The van der Waals surface area contributed by atoms with E-state index in [0.29, 0.717) is 6.04 Å². The van der Waals surface area contributed by atoms with Crippen LogP contribution in [0, 0.1) is 5.92 Å². The molecule has 2 atom stereocenters. The number of hydrogen-bond acceptors (Lipinski definition) is 2. The maximum Gasteiger partial charge on any atom is 0.123 e. The van der Waals surface area contributed by atoms with Gasteiger partial charge in [0.2, 0.25) is 0 Å². The molecule has 2 unspecified atom stereocenters. The Morgan fingerprint density at radius 2 is 2.11 bits per heavy atom. The molecule has 19 heavy (non-hydrogen) atoms. The molecule has 2 nitrogen and oxygen atoms in total. The van der Waals surface area contributed by atoms with Crippen molar-refractivity contribution in [2.75, 3.05) is 7.05 Å². The van der Waals surface area contributed by atoms with Crippen LogP contribution in [0.1, 0.15) is 57.7 Å². The van der Waals surface area contributed by atoms with Gasteiger partial charge in [0.25, 0.3) is 0 Å². The van der Waals surface area contributed by atoms with Gasteiger partial charge in [-0.3, -0.25) is 0 Å². The second-order valence-electron chi connectivity index (χ2n) is 6.50. The van der Waals surface area contributed by atoms with E-state index in [4.69, 9.17) is 4.74 Å². The summed E-state index contributed by atoms with van der Waals surface area (Å²) in [5.74, 6) is 1.81. The molecule has 0 fully saturated rings. The third-order valence-electron chi connectivity index (χ3n) is 4.17. The third kappa shape index (κ3) is 3.30. The van der Waals surface area contributed by atoms with Crippen molar-refractivity contribution in [2.45, 2.75) is 58.6 Å². The molecule has 0 bridgehead atoms. The summed E-state index contributed by atoms with van der Waals surface area (Å²) in [6, 6.07) is 7.13. The SMILES string of the molecule is CCC(C)CC(NC)c1ccc2c(c1)CC(C)(C)O2. The summed E-state index contributed by atoms with van der Waals surface area (Å²) in [4.78, 5) is 0. The summed E-state index contributed by atoms with van der Waals surface area (Å²) >= 11 is 0. The lowest BCUT2D eigenvalue weighted by molar-refractivity contribution is 0.138. The van der Waals surface area contributed by atoms with Crippen LogP contribution in [-0.4, -0.2) is 12.6 Å². The van der Waals surface area contributed by atoms with Crippen LogP contribution in [0.4, 0.5) is 0 Å². The van der Waals surface area contributed by atoms with Gasteiger partial charge in [-0.05, 0) is 50.4 Å². The quantitative estimate of drug-likeness (QED) is 0.861. The molecule has 1 heterocycles. The van der Waals surface area contributed by atoms with E-state index < -0.39 is 0 Å². The maximum atomic E-state index is 5.94. The van der Waals surface area contributed by atoms with E-state index in [1.165, 1.54) is 24.0 Å². The van der Waals surface area contributed by atoms with E-state index >= 15 is 0 Å². The van der Waals surface area contributed by atoms with E-state index in [9.17, 15) is 0 Å². The second kappa shape index (κ2) is 5.54. The molecule has 106 valence electrons. The van der Waals surface area contributed by atoms with E-state index in [0.717, 1.165) is 18.1 Å². The van der Waals surface area contributed by atoms with E-state index in [1.807, 2.05) is 0 Å². The van der Waals surface area contributed by atoms with Gasteiger partial charge in [-0.15, -0.1) is 0 Å². The molecule has 1 aliphatic rings. The molecule has 0 saturated carbocycles. The Hall–Kier alpha value is -1.02. The highest BCUT2D eigenvalue weighted by molar-refractivity contribution is 5.42. The Morgan fingerprint density at radius 3 is 2.74 bits per heavy atom. The predicted octanol–water partition coefficient (Wildman–Crippen LogP) is 4.10. The average molecular weight is 261 g/mol. The lowest BCUT2D eigenvalue weighted by atomic mass is 9.92. The number of nitrogens with one attached hydrogen (secondary N) is 1. The zero-order valence-electron chi connectivity index (χ0n) is 12.9. The van der Waals surface area contributed by atoms with Gasteiger partial charge >= 0.3 is 0 Å². The molecular formula is C17H27NO.